The average molecular weight is 406 g/mol. The lowest BCUT2D eigenvalue weighted by molar-refractivity contribution is -0.135. The van der Waals surface area contributed by atoms with Gasteiger partial charge in [0.1, 0.15) is 29.9 Å². The van der Waals surface area contributed by atoms with Gasteiger partial charge in [0.2, 0.25) is 5.89 Å². The summed E-state index contributed by atoms with van der Waals surface area (Å²) in [6.07, 6.45) is 1.45. The van der Waals surface area contributed by atoms with Crippen molar-refractivity contribution in [3.8, 4) is 17.2 Å². The number of hydrogen-bond donors (Lipinski definition) is 1. The minimum absolute atomic E-state index is 0.324. The van der Waals surface area contributed by atoms with E-state index in [-0.39, 0.29) is 0 Å². The molecule has 0 aliphatic carbocycles. The zero-order chi connectivity index (χ0) is 20.9. The topological polar surface area (TPSA) is 90.7 Å². The molecule has 1 aliphatic rings. The molecule has 1 aromatic heterocycles. The second-order valence-corrected chi connectivity index (χ2v) is 7.12. The Balaban J connectivity index is 1.27. The van der Waals surface area contributed by atoms with Crippen molar-refractivity contribution in [2.24, 2.45) is 0 Å². The normalized spacial score (nSPS) is 15.7. The van der Waals surface area contributed by atoms with Gasteiger partial charge in [-0.2, -0.15) is 0 Å². The Hall–Kier alpha value is -3.61. The van der Waals surface area contributed by atoms with Crippen molar-refractivity contribution < 1.29 is 23.5 Å². The van der Waals surface area contributed by atoms with Crippen LogP contribution < -0.4 is 10.1 Å². The van der Waals surface area contributed by atoms with E-state index in [4.69, 9.17) is 9.15 Å². The number of hydrogen-bond acceptors (Lipinski definition) is 6. The third-order valence-electron chi connectivity index (χ3n) is 4.94. The van der Waals surface area contributed by atoms with Crippen LogP contribution in [0.5, 0.6) is 5.75 Å². The average Bonchev–Trinajstić information content (AvgIpc) is 3.29. The first kappa shape index (κ1) is 19.7. The molecule has 0 radical (unpaired) electrons. The van der Waals surface area contributed by atoms with Gasteiger partial charge in [0, 0.05) is 5.56 Å². The molecule has 7 heteroatoms. The second kappa shape index (κ2) is 8.82. The number of rotatable bonds is 8. The number of aryl methyl sites for hydroxylation is 2. The monoisotopic (exact) mass is 406 g/mol. The van der Waals surface area contributed by atoms with Crippen molar-refractivity contribution in [3.63, 3.8) is 0 Å². The van der Waals surface area contributed by atoms with E-state index in [0.29, 0.717) is 18.9 Å². The second-order valence-electron chi connectivity index (χ2n) is 7.12. The van der Waals surface area contributed by atoms with Crippen LogP contribution in [0.3, 0.4) is 0 Å². The van der Waals surface area contributed by atoms with Crippen LogP contribution in [0, 0.1) is 6.92 Å². The molecule has 1 saturated heterocycles. The van der Waals surface area contributed by atoms with Gasteiger partial charge in [0.25, 0.3) is 0 Å². The number of benzene rings is 2. The van der Waals surface area contributed by atoms with Crippen LogP contribution in [0.2, 0.25) is 0 Å². The molecule has 154 valence electrons. The number of amides is 1. The van der Waals surface area contributed by atoms with Gasteiger partial charge in [-0.25, -0.2) is 14.6 Å². The van der Waals surface area contributed by atoms with Gasteiger partial charge in [0.05, 0.1) is 0 Å². The van der Waals surface area contributed by atoms with Gasteiger partial charge >= 0.3 is 12.1 Å². The Morgan fingerprint density at radius 1 is 1.07 bits per heavy atom. The molecule has 1 N–H and O–H groups in total. The summed E-state index contributed by atoms with van der Waals surface area (Å²) in [5.41, 5.74) is 2.83. The third kappa shape index (κ3) is 4.68. The van der Waals surface area contributed by atoms with E-state index in [2.05, 4.69) is 15.0 Å². The third-order valence-corrected chi connectivity index (χ3v) is 4.94. The molecule has 1 unspecified atom stereocenters. The van der Waals surface area contributed by atoms with Crippen LogP contribution in [0.1, 0.15) is 29.9 Å². The molecular weight excluding hydrogens is 384 g/mol. The van der Waals surface area contributed by atoms with Gasteiger partial charge in [0.15, 0.2) is 0 Å². The molecule has 2 aromatic carbocycles. The lowest BCUT2D eigenvalue weighted by Crippen LogP contribution is -2.28. The fraction of sp³-hybridized carbons (Fsp3) is 0.261. The predicted molar refractivity (Wildman–Crippen MR) is 109 cm³/mol. The minimum Gasteiger partial charge on any atom is -0.487 e. The maximum absolute atomic E-state index is 11.4. The Morgan fingerprint density at radius 2 is 1.83 bits per heavy atom. The Labute approximate surface area is 174 Å². The van der Waals surface area contributed by atoms with E-state index in [1.807, 2.05) is 61.5 Å². The van der Waals surface area contributed by atoms with Crippen molar-refractivity contribution in [1.82, 2.24) is 10.3 Å². The molecule has 3 aromatic rings. The highest BCUT2D eigenvalue weighted by atomic mass is 16.6. The van der Waals surface area contributed by atoms with Crippen molar-refractivity contribution in [1.29, 1.82) is 0 Å². The van der Waals surface area contributed by atoms with Crippen molar-refractivity contribution >= 4 is 12.1 Å². The maximum atomic E-state index is 11.4. The van der Waals surface area contributed by atoms with Gasteiger partial charge < -0.3 is 19.2 Å². The summed E-state index contributed by atoms with van der Waals surface area (Å²) >= 11 is 0. The Bertz CT molecular complexity index is 1030. The minimum atomic E-state index is -0.662. The van der Waals surface area contributed by atoms with E-state index in [1.54, 1.807) is 0 Å². The standard InChI is InChI=1S/C23H22N2O5/c1-15-20(24-21(29-15)17-7-3-2-4-8-17)14-28-18-12-10-16(11-13-18)6-5-9-19-22(26)30-23(27)25-19/h2-4,7-8,10-13,19H,5-6,9,14H2,1H3,(H,25,27). The van der Waals surface area contributed by atoms with Crippen molar-refractivity contribution in [3.05, 3.63) is 71.6 Å². The molecule has 7 nitrogen and oxygen atoms in total. The molecule has 0 spiro atoms. The molecule has 30 heavy (non-hydrogen) atoms. The Kier molecular flexibility index (Phi) is 5.79. The van der Waals surface area contributed by atoms with Gasteiger partial charge in [-0.05, 0) is 56.0 Å². The fourth-order valence-electron chi connectivity index (χ4n) is 3.26. The molecule has 0 saturated carbocycles. The maximum Gasteiger partial charge on any atom is 0.415 e. The predicted octanol–water partition coefficient (Wildman–Crippen LogP) is 4.19. The van der Waals surface area contributed by atoms with Gasteiger partial charge in [-0.1, -0.05) is 30.3 Å². The quantitative estimate of drug-likeness (QED) is 0.446. The molecule has 2 heterocycles. The number of oxazole rings is 1. The lowest BCUT2D eigenvalue weighted by atomic mass is 10.0. The van der Waals surface area contributed by atoms with E-state index >= 15 is 0 Å². The number of cyclic esters (lactones) is 2. The van der Waals surface area contributed by atoms with Crippen LogP contribution in [-0.2, 0) is 22.6 Å². The number of esters is 1. The summed E-state index contributed by atoms with van der Waals surface area (Å²) < 4.78 is 16.1. The smallest absolute Gasteiger partial charge is 0.415 e. The number of aromatic nitrogens is 1. The number of carbonyl (C=O) groups excluding carboxylic acids is 2. The van der Waals surface area contributed by atoms with Crippen LogP contribution in [0.25, 0.3) is 11.5 Å². The summed E-state index contributed by atoms with van der Waals surface area (Å²) in [5, 5.41) is 2.50. The van der Waals surface area contributed by atoms with Crippen LogP contribution in [-0.4, -0.2) is 23.1 Å². The summed E-state index contributed by atoms with van der Waals surface area (Å²) in [4.78, 5) is 27.0. The van der Waals surface area contributed by atoms with Gasteiger partial charge in [-0.3, -0.25) is 0 Å². The zero-order valence-corrected chi connectivity index (χ0v) is 16.6. The summed E-state index contributed by atoms with van der Waals surface area (Å²) in [7, 11) is 0. The number of alkyl carbamates (subject to hydrolysis) is 1. The largest absolute Gasteiger partial charge is 0.487 e. The van der Waals surface area contributed by atoms with Crippen LogP contribution in [0.15, 0.2) is 59.0 Å². The van der Waals surface area contributed by atoms with Gasteiger partial charge in [-0.15, -0.1) is 0 Å². The highest BCUT2D eigenvalue weighted by Crippen LogP contribution is 2.23. The zero-order valence-electron chi connectivity index (χ0n) is 16.6. The van der Waals surface area contributed by atoms with E-state index < -0.39 is 18.1 Å². The first-order valence-electron chi connectivity index (χ1n) is 9.84. The summed E-state index contributed by atoms with van der Waals surface area (Å²) in [6.45, 7) is 2.20. The number of ether oxygens (including phenoxy) is 2. The first-order valence-corrected chi connectivity index (χ1v) is 9.84. The van der Waals surface area contributed by atoms with Crippen LogP contribution >= 0.6 is 0 Å². The van der Waals surface area contributed by atoms with Crippen LogP contribution in [0.4, 0.5) is 4.79 Å². The first-order chi connectivity index (χ1) is 14.6. The number of nitrogens with zero attached hydrogens (tertiary/aromatic N) is 1. The molecule has 1 aliphatic heterocycles. The summed E-state index contributed by atoms with van der Waals surface area (Å²) in [6, 6.07) is 17.0. The molecule has 1 fully saturated rings. The highest BCUT2D eigenvalue weighted by Gasteiger charge is 2.31. The SMILES string of the molecule is Cc1oc(-c2ccccc2)nc1COc1ccc(CCCC2NC(=O)OC2=O)cc1. The van der Waals surface area contributed by atoms with E-state index in [1.165, 1.54) is 0 Å². The molecule has 0 bridgehead atoms. The fourth-order valence-corrected chi connectivity index (χ4v) is 3.26. The molecular formula is C23H22N2O5. The molecule has 1 amide bonds. The Morgan fingerprint density at radius 3 is 2.53 bits per heavy atom. The highest BCUT2D eigenvalue weighted by molar-refractivity contribution is 5.95. The molecule has 1 atom stereocenters. The summed E-state index contributed by atoms with van der Waals surface area (Å²) in [5.74, 6) is 1.57. The van der Waals surface area contributed by atoms with Crippen molar-refractivity contribution in [2.75, 3.05) is 0 Å². The number of nitrogens with one attached hydrogen (secondary N) is 1. The molecule has 4 rings (SSSR count). The van der Waals surface area contributed by atoms with E-state index in [9.17, 15) is 9.59 Å². The van der Waals surface area contributed by atoms with Crippen molar-refractivity contribution in [2.45, 2.75) is 38.8 Å². The van der Waals surface area contributed by atoms with E-state index in [0.717, 1.165) is 41.2 Å². The lowest BCUT2D eigenvalue weighted by Gasteiger charge is -2.07. The number of carbonyl (C=O) groups is 2.